The predicted molar refractivity (Wildman–Crippen MR) is 123 cm³/mol. The van der Waals surface area contributed by atoms with Gasteiger partial charge in [0.1, 0.15) is 16.4 Å². The maximum absolute atomic E-state index is 14.5. The molecular formula is C24H21FN4O2S. The highest BCUT2D eigenvalue weighted by molar-refractivity contribution is 8.04. The largest absolute Gasteiger partial charge is 0.350 e. The second-order valence-electron chi connectivity index (χ2n) is 7.58. The number of thioether (sulfide) groups is 1. The van der Waals surface area contributed by atoms with Crippen molar-refractivity contribution < 1.29 is 14.0 Å². The first-order valence-electron chi connectivity index (χ1n) is 9.96. The molecule has 3 aromatic rings. The molecule has 4 rings (SSSR count). The number of aromatic nitrogens is 2. The molecule has 1 aliphatic heterocycles. The number of carbonyl (C=O) groups excluding carboxylic acids is 2. The quantitative estimate of drug-likeness (QED) is 0.445. The molecule has 1 aromatic heterocycles. The molecule has 6 nitrogen and oxygen atoms in total. The van der Waals surface area contributed by atoms with E-state index in [1.165, 1.54) is 18.2 Å². The van der Waals surface area contributed by atoms with Gasteiger partial charge in [-0.05, 0) is 74.8 Å². The Labute approximate surface area is 189 Å². The first-order valence-corrected chi connectivity index (χ1v) is 10.8. The van der Waals surface area contributed by atoms with Crippen molar-refractivity contribution in [3.05, 3.63) is 87.5 Å². The third kappa shape index (κ3) is 4.13. The van der Waals surface area contributed by atoms with Crippen LogP contribution in [-0.4, -0.2) is 21.8 Å². The van der Waals surface area contributed by atoms with Crippen molar-refractivity contribution in [3.8, 4) is 0 Å². The van der Waals surface area contributed by atoms with E-state index in [2.05, 4.69) is 15.3 Å². The van der Waals surface area contributed by atoms with Crippen molar-refractivity contribution in [2.75, 3.05) is 10.2 Å². The molecule has 0 saturated heterocycles. The van der Waals surface area contributed by atoms with Crippen LogP contribution in [0.4, 0.5) is 15.8 Å². The Hall–Kier alpha value is -3.52. The van der Waals surface area contributed by atoms with Gasteiger partial charge in [0.05, 0.1) is 5.69 Å². The lowest BCUT2D eigenvalue weighted by Crippen LogP contribution is -2.33. The van der Waals surface area contributed by atoms with Gasteiger partial charge in [0, 0.05) is 17.1 Å². The summed E-state index contributed by atoms with van der Waals surface area (Å²) in [5.41, 5.74) is 4.04. The van der Waals surface area contributed by atoms with Crippen LogP contribution in [0.2, 0.25) is 0 Å². The number of amides is 2. The summed E-state index contributed by atoms with van der Waals surface area (Å²) in [6.07, 6.45) is 0. The number of halogens is 1. The van der Waals surface area contributed by atoms with Crippen molar-refractivity contribution in [1.29, 1.82) is 0 Å². The molecular weight excluding hydrogens is 427 g/mol. The number of para-hydroxylation sites is 1. The van der Waals surface area contributed by atoms with Gasteiger partial charge in [-0.25, -0.2) is 19.3 Å². The number of carbonyl (C=O) groups is 2. The standard InChI is InChI=1S/C24H21FN4O2S/c1-13-9-10-14(2)18(11-13)28-20-21(32-24-26-15(3)12-16(4)27-24)23(31)29(22(20)30)19-8-6-5-7-17(19)25/h5-12,28H,1-4H3. The maximum atomic E-state index is 14.5. The highest BCUT2D eigenvalue weighted by Gasteiger charge is 2.41. The van der Waals surface area contributed by atoms with Crippen LogP contribution in [0.25, 0.3) is 0 Å². The molecule has 8 heteroatoms. The molecule has 2 amide bonds. The lowest BCUT2D eigenvalue weighted by atomic mass is 10.1. The molecule has 162 valence electrons. The Kier molecular flexibility index (Phi) is 5.80. The van der Waals surface area contributed by atoms with E-state index in [4.69, 9.17) is 0 Å². The van der Waals surface area contributed by atoms with E-state index in [9.17, 15) is 14.0 Å². The number of hydrogen-bond donors (Lipinski definition) is 1. The van der Waals surface area contributed by atoms with E-state index in [1.807, 2.05) is 52.0 Å². The van der Waals surface area contributed by atoms with Crippen LogP contribution in [0.3, 0.4) is 0 Å². The molecule has 0 aliphatic carbocycles. The average molecular weight is 449 g/mol. The Morgan fingerprint density at radius 2 is 1.59 bits per heavy atom. The number of nitrogens with one attached hydrogen (secondary N) is 1. The number of imide groups is 1. The lowest BCUT2D eigenvalue weighted by molar-refractivity contribution is -0.120. The Morgan fingerprint density at radius 1 is 0.906 bits per heavy atom. The molecule has 0 bridgehead atoms. The van der Waals surface area contributed by atoms with Gasteiger partial charge in [-0.2, -0.15) is 0 Å². The van der Waals surface area contributed by atoms with E-state index in [1.54, 1.807) is 6.07 Å². The molecule has 0 spiro atoms. The number of benzene rings is 2. The number of hydrogen-bond acceptors (Lipinski definition) is 6. The number of aryl methyl sites for hydroxylation is 4. The molecule has 0 fully saturated rings. The van der Waals surface area contributed by atoms with Gasteiger partial charge in [0.25, 0.3) is 11.8 Å². The van der Waals surface area contributed by atoms with E-state index < -0.39 is 17.6 Å². The van der Waals surface area contributed by atoms with Gasteiger partial charge < -0.3 is 5.32 Å². The second kappa shape index (κ2) is 8.55. The third-order valence-corrected chi connectivity index (χ3v) is 5.89. The van der Waals surface area contributed by atoms with Crippen molar-refractivity contribution in [2.24, 2.45) is 0 Å². The number of rotatable bonds is 5. The summed E-state index contributed by atoms with van der Waals surface area (Å²) in [6.45, 7) is 7.49. The summed E-state index contributed by atoms with van der Waals surface area (Å²) >= 11 is 0.993. The van der Waals surface area contributed by atoms with Crippen molar-refractivity contribution in [3.63, 3.8) is 0 Å². The molecule has 0 unspecified atom stereocenters. The van der Waals surface area contributed by atoms with E-state index in [0.29, 0.717) is 10.8 Å². The van der Waals surface area contributed by atoms with Crippen LogP contribution >= 0.6 is 11.8 Å². The lowest BCUT2D eigenvalue weighted by Gasteiger charge is -2.16. The van der Waals surface area contributed by atoms with Crippen molar-refractivity contribution in [1.82, 2.24) is 9.97 Å². The van der Waals surface area contributed by atoms with Crippen LogP contribution < -0.4 is 10.2 Å². The Bertz CT molecular complexity index is 1270. The summed E-state index contributed by atoms with van der Waals surface area (Å²) in [6, 6.07) is 13.3. The fourth-order valence-electron chi connectivity index (χ4n) is 3.40. The molecule has 2 heterocycles. The average Bonchev–Trinajstić information content (AvgIpc) is 2.94. The Morgan fingerprint density at radius 3 is 2.28 bits per heavy atom. The molecule has 0 saturated carbocycles. The highest BCUT2D eigenvalue weighted by atomic mass is 32.2. The highest BCUT2D eigenvalue weighted by Crippen LogP contribution is 2.38. The molecule has 0 atom stereocenters. The van der Waals surface area contributed by atoms with Crippen LogP contribution in [0, 0.1) is 33.5 Å². The fourth-order valence-corrected chi connectivity index (χ4v) is 4.38. The summed E-state index contributed by atoms with van der Waals surface area (Å²) in [5.74, 6) is -1.91. The summed E-state index contributed by atoms with van der Waals surface area (Å²) in [4.78, 5) is 36.5. The number of anilines is 2. The zero-order valence-corrected chi connectivity index (χ0v) is 18.9. The van der Waals surface area contributed by atoms with Crippen LogP contribution in [0.15, 0.2) is 64.3 Å². The SMILES string of the molecule is Cc1ccc(C)c(NC2=C(Sc3nc(C)cc(C)n3)C(=O)N(c3ccccc3F)C2=O)c1. The summed E-state index contributed by atoms with van der Waals surface area (Å²) in [7, 11) is 0. The molecule has 32 heavy (non-hydrogen) atoms. The zero-order valence-electron chi connectivity index (χ0n) is 18.1. The fraction of sp³-hybridized carbons (Fsp3) is 0.167. The van der Waals surface area contributed by atoms with Crippen molar-refractivity contribution in [2.45, 2.75) is 32.9 Å². The van der Waals surface area contributed by atoms with Crippen molar-refractivity contribution >= 4 is 35.0 Å². The van der Waals surface area contributed by atoms with Crippen LogP contribution in [0.5, 0.6) is 0 Å². The van der Waals surface area contributed by atoms with Gasteiger partial charge in [-0.1, -0.05) is 24.3 Å². The van der Waals surface area contributed by atoms with Crippen LogP contribution in [0.1, 0.15) is 22.5 Å². The molecule has 1 N–H and O–H groups in total. The first kappa shape index (κ1) is 21.7. The normalized spacial score (nSPS) is 13.8. The zero-order chi connectivity index (χ0) is 23.0. The Balaban J connectivity index is 1.81. The third-order valence-electron chi connectivity index (χ3n) is 4.94. The molecule has 2 aromatic carbocycles. The van der Waals surface area contributed by atoms with E-state index in [-0.39, 0.29) is 16.3 Å². The topological polar surface area (TPSA) is 75.2 Å². The summed E-state index contributed by atoms with van der Waals surface area (Å²) in [5, 5.41) is 3.46. The van der Waals surface area contributed by atoms with Gasteiger partial charge in [0.15, 0.2) is 5.16 Å². The molecule has 1 aliphatic rings. The van der Waals surface area contributed by atoms with Crippen LogP contribution in [-0.2, 0) is 9.59 Å². The predicted octanol–water partition coefficient (Wildman–Crippen LogP) is 4.84. The molecule has 0 radical (unpaired) electrons. The van der Waals surface area contributed by atoms with Gasteiger partial charge in [-0.3, -0.25) is 9.59 Å². The van der Waals surface area contributed by atoms with Gasteiger partial charge in [-0.15, -0.1) is 0 Å². The number of nitrogens with zero attached hydrogens (tertiary/aromatic N) is 3. The summed E-state index contributed by atoms with van der Waals surface area (Å²) < 4.78 is 14.5. The minimum Gasteiger partial charge on any atom is -0.350 e. The maximum Gasteiger partial charge on any atom is 0.283 e. The monoisotopic (exact) mass is 448 g/mol. The van der Waals surface area contributed by atoms with Gasteiger partial charge in [0.2, 0.25) is 0 Å². The van der Waals surface area contributed by atoms with E-state index in [0.717, 1.165) is 39.2 Å². The second-order valence-corrected chi connectivity index (χ2v) is 8.56. The minimum atomic E-state index is -0.658. The minimum absolute atomic E-state index is 0.0692. The van der Waals surface area contributed by atoms with Gasteiger partial charge >= 0.3 is 0 Å². The first-order chi connectivity index (χ1) is 15.2. The smallest absolute Gasteiger partial charge is 0.283 e. The van der Waals surface area contributed by atoms with E-state index >= 15 is 0 Å².